The molecular formula is C22H23ClN2O. The minimum absolute atomic E-state index is 0.144. The Kier molecular flexibility index (Phi) is 4.92. The van der Waals surface area contributed by atoms with E-state index in [1.807, 2.05) is 30.3 Å². The number of halogens is 1. The Balaban J connectivity index is 1.39. The van der Waals surface area contributed by atoms with Crippen molar-refractivity contribution >= 4 is 17.7 Å². The van der Waals surface area contributed by atoms with Crippen molar-refractivity contribution in [2.45, 2.75) is 30.7 Å². The molecule has 26 heavy (non-hydrogen) atoms. The van der Waals surface area contributed by atoms with Gasteiger partial charge in [-0.25, -0.2) is 0 Å². The zero-order valence-corrected chi connectivity index (χ0v) is 15.5. The first-order chi connectivity index (χ1) is 12.7. The van der Waals surface area contributed by atoms with Crippen molar-refractivity contribution in [1.82, 2.24) is 4.90 Å². The SMILES string of the molecule is O=NC1CC2(CCN(CC=Cc3ccc(Cl)cc3)CC2)c2ccccc21. The summed E-state index contributed by atoms with van der Waals surface area (Å²) in [6, 6.07) is 16.1. The van der Waals surface area contributed by atoms with Crippen LogP contribution in [0.2, 0.25) is 5.02 Å². The summed E-state index contributed by atoms with van der Waals surface area (Å²) in [6.45, 7) is 3.07. The largest absolute Gasteiger partial charge is 0.300 e. The van der Waals surface area contributed by atoms with Crippen molar-refractivity contribution in [2.75, 3.05) is 19.6 Å². The molecule has 0 N–H and O–H groups in total. The van der Waals surface area contributed by atoms with Crippen LogP contribution >= 0.6 is 11.6 Å². The molecule has 4 rings (SSSR count). The molecule has 2 aliphatic rings. The molecule has 1 spiro atoms. The molecule has 134 valence electrons. The van der Waals surface area contributed by atoms with Crippen molar-refractivity contribution in [3.05, 3.63) is 81.2 Å². The molecule has 4 heteroatoms. The van der Waals surface area contributed by atoms with Crippen LogP contribution in [0, 0.1) is 4.91 Å². The number of benzene rings is 2. The topological polar surface area (TPSA) is 32.7 Å². The van der Waals surface area contributed by atoms with Crippen LogP contribution in [0.25, 0.3) is 6.08 Å². The van der Waals surface area contributed by atoms with Crippen LogP contribution in [0.15, 0.2) is 59.8 Å². The van der Waals surface area contributed by atoms with Gasteiger partial charge in [-0.05, 0) is 61.2 Å². The van der Waals surface area contributed by atoms with E-state index >= 15 is 0 Å². The monoisotopic (exact) mass is 366 g/mol. The van der Waals surface area contributed by atoms with Crippen LogP contribution in [-0.4, -0.2) is 24.5 Å². The van der Waals surface area contributed by atoms with Gasteiger partial charge in [-0.1, -0.05) is 65.3 Å². The molecule has 0 radical (unpaired) electrons. The van der Waals surface area contributed by atoms with Crippen molar-refractivity contribution in [3.8, 4) is 0 Å². The number of hydrogen-bond acceptors (Lipinski definition) is 3. The van der Waals surface area contributed by atoms with E-state index in [2.05, 4.69) is 40.4 Å². The Morgan fingerprint density at radius 2 is 1.85 bits per heavy atom. The highest BCUT2D eigenvalue weighted by molar-refractivity contribution is 6.30. The summed E-state index contributed by atoms with van der Waals surface area (Å²) in [4.78, 5) is 13.8. The highest BCUT2D eigenvalue weighted by Gasteiger charge is 2.45. The van der Waals surface area contributed by atoms with E-state index < -0.39 is 0 Å². The van der Waals surface area contributed by atoms with Crippen molar-refractivity contribution < 1.29 is 0 Å². The molecule has 1 aliphatic carbocycles. The average molecular weight is 367 g/mol. The minimum Gasteiger partial charge on any atom is -0.300 e. The maximum atomic E-state index is 11.3. The van der Waals surface area contributed by atoms with Gasteiger partial charge >= 0.3 is 0 Å². The highest BCUT2D eigenvalue weighted by Crippen LogP contribution is 2.51. The standard InChI is InChI=1S/C22H23ClN2O/c23-18-9-7-17(8-10-18)4-3-13-25-14-11-22(12-15-25)16-21(24-26)19-5-1-2-6-20(19)22/h1-10,21H,11-16H2. The normalized spacial score (nSPS) is 22.0. The third-order valence-electron chi connectivity index (χ3n) is 5.96. The molecule has 0 saturated carbocycles. The summed E-state index contributed by atoms with van der Waals surface area (Å²) in [5.74, 6) is 0. The van der Waals surface area contributed by atoms with Gasteiger partial charge < -0.3 is 0 Å². The van der Waals surface area contributed by atoms with E-state index in [1.165, 1.54) is 11.1 Å². The van der Waals surface area contributed by atoms with Gasteiger partial charge in [0.2, 0.25) is 0 Å². The van der Waals surface area contributed by atoms with Crippen LogP contribution in [-0.2, 0) is 5.41 Å². The van der Waals surface area contributed by atoms with Gasteiger partial charge in [0, 0.05) is 17.0 Å². The van der Waals surface area contributed by atoms with Crippen LogP contribution in [0.3, 0.4) is 0 Å². The quantitative estimate of drug-likeness (QED) is 0.660. The van der Waals surface area contributed by atoms with E-state index in [1.54, 1.807) is 0 Å². The fraction of sp³-hybridized carbons (Fsp3) is 0.364. The Labute approximate surface area is 159 Å². The Hall–Kier alpha value is -1.97. The summed E-state index contributed by atoms with van der Waals surface area (Å²) in [5.41, 5.74) is 3.83. The maximum absolute atomic E-state index is 11.3. The lowest BCUT2D eigenvalue weighted by atomic mass is 9.73. The molecule has 2 aromatic carbocycles. The van der Waals surface area contributed by atoms with E-state index in [4.69, 9.17) is 11.6 Å². The Morgan fingerprint density at radius 1 is 1.12 bits per heavy atom. The lowest BCUT2D eigenvalue weighted by molar-refractivity contribution is 0.168. The van der Waals surface area contributed by atoms with E-state index in [0.717, 1.165) is 49.5 Å². The first kappa shape index (κ1) is 17.4. The number of nitroso groups, excluding NO2 is 1. The second-order valence-corrected chi connectivity index (χ2v) is 7.88. The molecule has 1 atom stereocenters. The first-order valence-electron chi connectivity index (χ1n) is 9.26. The predicted octanol–water partition coefficient (Wildman–Crippen LogP) is 5.60. The van der Waals surface area contributed by atoms with Crippen molar-refractivity contribution in [2.24, 2.45) is 5.18 Å². The van der Waals surface area contributed by atoms with Gasteiger partial charge in [0.15, 0.2) is 0 Å². The number of hydrogen-bond donors (Lipinski definition) is 0. The van der Waals surface area contributed by atoms with Gasteiger partial charge in [0.05, 0.1) is 0 Å². The molecule has 3 nitrogen and oxygen atoms in total. The van der Waals surface area contributed by atoms with E-state index in [-0.39, 0.29) is 11.5 Å². The summed E-state index contributed by atoms with van der Waals surface area (Å²) >= 11 is 5.92. The molecule has 0 amide bonds. The molecule has 1 unspecified atom stereocenters. The van der Waals surface area contributed by atoms with Gasteiger partial charge in [0.25, 0.3) is 0 Å². The third-order valence-corrected chi connectivity index (χ3v) is 6.21. The molecule has 0 bridgehead atoms. The lowest BCUT2D eigenvalue weighted by Crippen LogP contribution is -2.41. The molecule has 1 fully saturated rings. The van der Waals surface area contributed by atoms with Crippen LogP contribution in [0.5, 0.6) is 0 Å². The first-order valence-corrected chi connectivity index (χ1v) is 9.64. The van der Waals surface area contributed by atoms with Crippen molar-refractivity contribution in [1.29, 1.82) is 0 Å². The summed E-state index contributed by atoms with van der Waals surface area (Å²) in [6.07, 6.45) is 7.46. The predicted molar refractivity (Wildman–Crippen MR) is 107 cm³/mol. The Bertz CT molecular complexity index is 807. The molecule has 1 heterocycles. The second kappa shape index (κ2) is 7.34. The average Bonchev–Trinajstić information content (AvgIpc) is 2.99. The van der Waals surface area contributed by atoms with Gasteiger partial charge in [-0.15, -0.1) is 0 Å². The summed E-state index contributed by atoms with van der Waals surface area (Å²) < 4.78 is 0. The number of rotatable bonds is 4. The zero-order chi connectivity index (χ0) is 18.0. The van der Waals surface area contributed by atoms with Crippen LogP contribution in [0.4, 0.5) is 0 Å². The van der Waals surface area contributed by atoms with Gasteiger partial charge in [-0.2, -0.15) is 4.91 Å². The highest BCUT2D eigenvalue weighted by atomic mass is 35.5. The Morgan fingerprint density at radius 3 is 2.58 bits per heavy atom. The molecule has 0 aromatic heterocycles. The van der Waals surface area contributed by atoms with Crippen LogP contribution in [0.1, 0.15) is 42.0 Å². The second-order valence-electron chi connectivity index (χ2n) is 7.45. The smallest absolute Gasteiger partial charge is 0.118 e. The van der Waals surface area contributed by atoms with E-state index in [0.29, 0.717) is 0 Å². The number of fused-ring (bicyclic) bond motifs is 2. The van der Waals surface area contributed by atoms with Crippen molar-refractivity contribution in [3.63, 3.8) is 0 Å². The number of piperidine rings is 1. The summed E-state index contributed by atoms with van der Waals surface area (Å²) in [7, 11) is 0. The summed E-state index contributed by atoms with van der Waals surface area (Å²) in [5, 5.41) is 4.17. The minimum atomic E-state index is -0.164. The molecule has 2 aromatic rings. The lowest BCUT2D eigenvalue weighted by Gasteiger charge is -2.39. The van der Waals surface area contributed by atoms with Gasteiger partial charge in [0.1, 0.15) is 6.04 Å². The van der Waals surface area contributed by atoms with E-state index in [9.17, 15) is 4.91 Å². The fourth-order valence-electron chi connectivity index (χ4n) is 4.50. The fourth-order valence-corrected chi connectivity index (χ4v) is 4.63. The van der Waals surface area contributed by atoms with Gasteiger partial charge in [-0.3, -0.25) is 4.90 Å². The number of likely N-dealkylation sites (tertiary alicyclic amines) is 1. The molecule has 1 aliphatic heterocycles. The molecule has 1 saturated heterocycles. The van der Waals surface area contributed by atoms with Crippen LogP contribution < -0.4 is 0 Å². The third kappa shape index (κ3) is 3.34. The maximum Gasteiger partial charge on any atom is 0.118 e. The number of nitrogens with zero attached hydrogens (tertiary/aromatic N) is 2. The zero-order valence-electron chi connectivity index (χ0n) is 14.8. The molecular weight excluding hydrogens is 344 g/mol.